The first-order chi connectivity index (χ1) is 16.9. The first kappa shape index (κ1) is 26.5. The van der Waals surface area contributed by atoms with Gasteiger partial charge in [0, 0.05) is 44.1 Å². The zero-order chi connectivity index (χ0) is 26.1. The predicted octanol–water partition coefficient (Wildman–Crippen LogP) is 4.26. The number of ether oxygens (including phenoxy) is 1. The molecule has 0 unspecified atom stereocenters. The molecule has 2 aromatic rings. The highest BCUT2D eigenvalue weighted by atomic mass is 19.1. The van der Waals surface area contributed by atoms with Crippen LogP contribution in [0, 0.1) is 12.7 Å². The minimum Gasteiger partial charge on any atom is -0.471 e. The van der Waals surface area contributed by atoms with Crippen LogP contribution in [0.1, 0.15) is 74.8 Å². The number of amides is 1. The van der Waals surface area contributed by atoms with E-state index in [1.807, 2.05) is 6.07 Å². The van der Waals surface area contributed by atoms with Crippen molar-refractivity contribution in [2.45, 2.75) is 95.7 Å². The summed E-state index contributed by atoms with van der Waals surface area (Å²) in [6.07, 6.45) is 5.15. The maximum absolute atomic E-state index is 14.3. The number of alkyl halides is 1. The number of pyridine rings is 1. The molecule has 1 aromatic carbocycles. The van der Waals surface area contributed by atoms with Gasteiger partial charge < -0.3 is 20.5 Å². The molecule has 1 aliphatic carbocycles. The Morgan fingerprint density at radius 3 is 2.67 bits per heavy atom. The van der Waals surface area contributed by atoms with Crippen molar-refractivity contribution in [3.63, 3.8) is 0 Å². The van der Waals surface area contributed by atoms with Gasteiger partial charge in [-0.15, -0.1) is 0 Å². The number of halogens is 2. The van der Waals surface area contributed by atoms with Gasteiger partial charge in [0.25, 0.3) is 0 Å². The highest BCUT2D eigenvalue weighted by Crippen LogP contribution is 2.48. The molecule has 1 aromatic heterocycles. The lowest BCUT2D eigenvalue weighted by Crippen LogP contribution is -2.52. The van der Waals surface area contributed by atoms with Crippen LogP contribution in [0.15, 0.2) is 30.5 Å². The smallest absolute Gasteiger partial charge is 0.218 e. The van der Waals surface area contributed by atoms with Crippen LogP contribution in [0.2, 0.25) is 0 Å². The molecule has 1 saturated carbocycles. The van der Waals surface area contributed by atoms with Gasteiger partial charge in [-0.2, -0.15) is 0 Å². The summed E-state index contributed by atoms with van der Waals surface area (Å²) in [5.74, 6) is 0.0308. The third-order valence-electron chi connectivity index (χ3n) is 7.19. The Morgan fingerprint density at radius 1 is 1.31 bits per heavy atom. The van der Waals surface area contributed by atoms with E-state index < -0.39 is 17.8 Å². The maximum Gasteiger partial charge on any atom is 0.218 e. The molecule has 1 amide bonds. The highest BCUT2D eigenvalue weighted by molar-refractivity contribution is 5.73. The second-order valence-electron chi connectivity index (χ2n) is 11.1. The minimum absolute atomic E-state index is 0.120. The molecule has 1 aliphatic heterocycles. The van der Waals surface area contributed by atoms with Crippen molar-refractivity contribution in [2.75, 3.05) is 6.54 Å². The van der Waals surface area contributed by atoms with Gasteiger partial charge in [-0.3, -0.25) is 4.79 Å². The van der Waals surface area contributed by atoms with Crippen molar-refractivity contribution in [1.82, 2.24) is 15.6 Å². The SMILES string of the molecule is CC(=O)N[C@@H](Cc1ccc(F)c(C)c1)[C@H](O)CN[C@H]1CC2(CCC2)Oc2ncc(CC(C)(C)F)cc21. The monoisotopic (exact) mass is 501 g/mol. The van der Waals surface area contributed by atoms with E-state index in [-0.39, 0.29) is 36.3 Å². The topological polar surface area (TPSA) is 83.5 Å². The second-order valence-corrected chi connectivity index (χ2v) is 11.1. The van der Waals surface area contributed by atoms with Crippen molar-refractivity contribution in [2.24, 2.45) is 0 Å². The molecule has 36 heavy (non-hydrogen) atoms. The number of aryl methyl sites for hydroxylation is 1. The zero-order valence-corrected chi connectivity index (χ0v) is 21.5. The number of aromatic nitrogens is 1. The fourth-order valence-electron chi connectivity index (χ4n) is 5.26. The van der Waals surface area contributed by atoms with Gasteiger partial charge in [-0.05, 0) is 75.3 Å². The van der Waals surface area contributed by atoms with Crippen LogP contribution in [0.25, 0.3) is 0 Å². The summed E-state index contributed by atoms with van der Waals surface area (Å²) in [4.78, 5) is 16.4. The molecular weight excluding hydrogens is 464 g/mol. The number of hydrogen-bond acceptors (Lipinski definition) is 5. The summed E-state index contributed by atoms with van der Waals surface area (Å²) in [6, 6.07) is 6.09. The fraction of sp³-hybridized carbons (Fsp3) is 0.571. The molecule has 0 saturated heterocycles. The number of fused-ring (bicyclic) bond motifs is 1. The van der Waals surface area contributed by atoms with Gasteiger partial charge in [0.2, 0.25) is 11.8 Å². The van der Waals surface area contributed by atoms with Crippen molar-refractivity contribution in [3.05, 3.63) is 58.5 Å². The van der Waals surface area contributed by atoms with Crippen molar-refractivity contribution < 1.29 is 23.4 Å². The van der Waals surface area contributed by atoms with Crippen LogP contribution in [-0.4, -0.2) is 46.0 Å². The Kier molecular flexibility index (Phi) is 7.67. The van der Waals surface area contributed by atoms with Crippen molar-refractivity contribution >= 4 is 5.91 Å². The molecule has 2 heterocycles. The number of benzene rings is 1. The van der Waals surface area contributed by atoms with Crippen LogP contribution >= 0.6 is 0 Å². The lowest BCUT2D eigenvalue weighted by Gasteiger charge is -2.47. The molecule has 3 atom stereocenters. The number of carbonyl (C=O) groups is 1. The van der Waals surface area contributed by atoms with Crippen LogP contribution in [0.3, 0.4) is 0 Å². The molecule has 2 aliphatic rings. The maximum atomic E-state index is 14.3. The molecule has 1 spiro atoms. The molecule has 1 fully saturated rings. The third-order valence-corrected chi connectivity index (χ3v) is 7.19. The lowest BCUT2D eigenvalue weighted by atomic mass is 9.73. The number of aliphatic hydroxyl groups excluding tert-OH is 1. The van der Waals surface area contributed by atoms with Gasteiger partial charge in [-0.25, -0.2) is 13.8 Å². The molecule has 0 radical (unpaired) electrons. The summed E-state index contributed by atoms with van der Waals surface area (Å²) >= 11 is 0. The first-order valence-corrected chi connectivity index (χ1v) is 12.7. The zero-order valence-electron chi connectivity index (χ0n) is 21.5. The molecular formula is C28H37F2N3O3. The Bertz CT molecular complexity index is 1100. The largest absolute Gasteiger partial charge is 0.471 e. The van der Waals surface area contributed by atoms with Crippen molar-refractivity contribution in [3.8, 4) is 5.88 Å². The normalized spacial score (nSPS) is 20.1. The van der Waals surface area contributed by atoms with E-state index in [0.717, 1.165) is 42.4 Å². The summed E-state index contributed by atoms with van der Waals surface area (Å²) in [7, 11) is 0. The minimum atomic E-state index is -1.36. The Balaban J connectivity index is 1.50. The van der Waals surface area contributed by atoms with E-state index >= 15 is 0 Å². The average Bonchev–Trinajstić information content (AvgIpc) is 2.76. The number of aliphatic hydroxyl groups is 1. The predicted molar refractivity (Wildman–Crippen MR) is 134 cm³/mol. The van der Waals surface area contributed by atoms with E-state index in [0.29, 0.717) is 17.9 Å². The molecule has 6 nitrogen and oxygen atoms in total. The van der Waals surface area contributed by atoms with Crippen LogP contribution < -0.4 is 15.4 Å². The quantitative estimate of drug-likeness (QED) is 0.478. The highest BCUT2D eigenvalue weighted by Gasteiger charge is 2.46. The summed E-state index contributed by atoms with van der Waals surface area (Å²) < 4.78 is 34.3. The summed E-state index contributed by atoms with van der Waals surface area (Å²) in [5, 5.41) is 17.4. The van der Waals surface area contributed by atoms with E-state index in [1.54, 1.807) is 39.1 Å². The molecule has 8 heteroatoms. The number of carbonyl (C=O) groups excluding carboxylic acids is 1. The van der Waals surface area contributed by atoms with Crippen LogP contribution in [-0.2, 0) is 17.6 Å². The van der Waals surface area contributed by atoms with E-state index in [9.17, 15) is 18.7 Å². The Labute approximate surface area is 211 Å². The second kappa shape index (κ2) is 10.4. The van der Waals surface area contributed by atoms with Gasteiger partial charge in [0.15, 0.2) is 0 Å². The van der Waals surface area contributed by atoms with Crippen LogP contribution in [0.5, 0.6) is 5.88 Å². The molecule has 196 valence electrons. The van der Waals surface area contributed by atoms with Gasteiger partial charge in [-0.1, -0.05) is 12.1 Å². The Hall–Kier alpha value is -2.58. The van der Waals surface area contributed by atoms with E-state index in [1.165, 1.54) is 13.0 Å². The first-order valence-electron chi connectivity index (χ1n) is 12.7. The third kappa shape index (κ3) is 6.40. The molecule has 4 rings (SSSR count). The van der Waals surface area contributed by atoms with Gasteiger partial charge >= 0.3 is 0 Å². The fourth-order valence-corrected chi connectivity index (χ4v) is 5.26. The Morgan fingerprint density at radius 2 is 2.06 bits per heavy atom. The average molecular weight is 502 g/mol. The summed E-state index contributed by atoms with van der Waals surface area (Å²) in [6.45, 7) is 6.42. The number of nitrogens with one attached hydrogen (secondary N) is 2. The summed E-state index contributed by atoms with van der Waals surface area (Å²) in [5.41, 5.74) is 1.40. The number of rotatable bonds is 9. The lowest BCUT2D eigenvalue weighted by molar-refractivity contribution is -0.120. The van der Waals surface area contributed by atoms with E-state index in [2.05, 4.69) is 15.6 Å². The molecule has 3 N–H and O–H groups in total. The molecule has 0 bridgehead atoms. The van der Waals surface area contributed by atoms with Crippen LogP contribution in [0.4, 0.5) is 8.78 Å². The van der Waals surface area contributed by atoms with E-state index in [4.69, 9.17) is 4.74 Å². The van der Waals surface area contributed by atoms with Gasteiger partial charge in [0.1, 0.15) is 17.1 Å². The standard InChI is InChI=1S/C28H37F2N3O3/c1-17-10-19(6-7-22(17)29)12-23(33-18(2)34)25(35)16-31-24-14-28(8-5-9-28)36-26-21(24)11-20(15-32-26)13-27(3,4)30/h6-7,10-11,15,23-25,31,35H,5,8-9,12-14,16H2,1-4H3,(H,33,34)/t23-,24-,25+/m0/s1. The number of nitrogens with zero attached hydrogens (tertiary/aromatic N) is 1. The van der Waals surface area contributed by atoms with Crippen molar-refractivity contribution in [1.29, 1.82) is 0 Å². The number of hydrogen-bond donors (Lipinski definition) is 3. The van der Waals surface area contributed by atoms with Gasteiger partial charge in [0.05, 0.1) is 12.1 Å².